The van der Waals surface area contributed by atoms with Crippen LogP contribution in [0.2, 0.25) is 0 Å². The van der Waals surface area contributed by atoms with Crippen molar-refractivity contribution in [2.45, 2.75) is 59.4 Å². The zero-order valence-corrected chi connectivity index (χ0v) is 12.1. The van der Waals surface area contributed by atoms with Crippen molar-refractivity contribution < 1.29 is 9.90 Å². The van der Waals surface area contributed by atoms with E-state index in [4.69, 9.17) is 10.4 Å². The van der Waals surface area contributed by atoms with Gasteiger partial charge in [-0.15, -0.1) is 0 Å². The first-order valence-corrected chi connectivity index (χ1v) is 6.69. The lowest BCUT2D eigenvalue weighted by Crippen LogP contribution is -2.37. The van der Waals surface area contributed by atoms with E-state index in [0.29, 0.717) is 6.04 Å². The summed E-state index contributed by atoms with van der Waals surface area (Å²) >= 11 is 0. The first kappa shape index (κ1) is 16.9. The number of carboxylic acid groups (broad SMARTS) is 1. The van der Waals surface area contributed by atoms with Gasteiger partial charge >= 0.3 is 5.97 Å². The van der Waals surface area contributed by atoms with Gasteiger partial charge < -0.3 is 5.11 Å². The lowest BCUT2D eigenvalue weighted by Gasteiger charge is -2.27. The first-order chi connectivity index (χ1) is 8.32. The molecule has 0 bridgehead atoms. The molecular weight excluding hydrogens is 228 g/mol. The van der Waals surface area contributed by atoms with E-state index in [1.165, 1.54) is 0 Å². The molecular formula is C14H26N2O2. The SMILES string of the molecule is CCC(C)N(CCCCC(C)(C)C#N)CC(=O)O. The summed E-state index contributed by atoms with van der Waals surface area (Å²) < 4.78 is 0. The molecule has 0 aliphatic heterocycles. The third-order valence-electron chi connectivity index (χ3n) is 3.35. The van der Waals surface area contributed by atoms with Gasteiger partial charge in [0.25, 0.3) is 0 Å². The molecule has 0 rings (SSSR count). The summed E-state index contributed by atoms with van der Waals surface area (Å²) in [5.41, 5.74) is -0.270. The zero-order valence-electron chi connectivity index (χ0n) is 12.1. The molecule has 1 N–H and O–H groups in total. The van der Waals surface area contributed by atoms with Gasteiger partial charge in [0.2, 0.25) is 0 Å². The standard InChI is InChI=1S/C14H26N2O2/c1-5-12(2)16(10-13(17)18)9-7-6-8-14(3,4)11-15/h12H,5-10H2,1-4H3,(H,17,18). The molecule has 0 fully saturated rings. The highest BCUT2D eigenvalue weighted by atomic mass is 16.4. The molecule has 4 heteroatoms. The summed E-state index contributed by atoms with van der Waals surface area (Å²) in [6, 6.07) is 2.58. The van der Waals surface area contributed by atoms with Gasteiger partial charge in [-0.25, -0.2) is 0 Å². The second kappa shape index (κ2) is 8.10. The average molecular weight is 254 g/mol. The minimum Gasteiger partial charge on any atom is -0.480 e. The molecule has 0 radical (unpaired) electrons. The molecule has 0 spiro atoms. The van der Waals surface area contributed by atoms with Crippen LogP contribution in [0.4, 0.5) is 0 Å². The Morgan fingerprint density at radius 2 is 2.06 bits per heavy atom. The average Bonchev–Trinajstić information content (AvgIpc) is 2.31. The third-order valence-corrected chi connectivity index (χ3v) is 3.35. The van der Waals surface area contributed by atoms with E-state index < -0.39 is 5.97 Å². The van der Waals surface area contributed by atoms with Crippen LogP contribution in [0.5, 0.6) is 0 Å². The molecule has 4 nitrogen and oxygen atoms in total. The van der Waals surface area contributed by atoms with Crippen molar-refractivity contribution in [1.82, 2.24) is 4.90 Å². The highest BCUT2D eigenvalue weighted by molar-refractivity contribution is 5.69. The Hall–Kier alpha value is -1.08. The molecule has 0 amide bonds. The van der Waals surface area contributed by atoms with Gasteiger partial charge in [-0.1, -0.05) is 13.3 Å². The van der Waals surface area contributed by atoms with Crippen molar-refractivity contribution >= 4 is 5.97 Å². The lowest BCUT2D eigenvalue weighted by atomic mass is 9.89. The maximum atomic E-state index is 10.8. The monoisotopic (exact) mass is 254 g/mol. The molecule has 0 aromatic heterocycles. The topological polar surface area (TPSA) is 64.3 Å². The molecule has 18 heavy (non-hydrogen) atoms. The van der Waals surface area contributed by atoms with Crippen molar-refractivity contribution in [3.05, 3.63) is 0 Å². The number of aliphatic carboxylic acids is 1. The Balaban J connectivity index is 4.05. The zero-order chi connectivity index (χ0) is 14.2. The number of rotatable bonds is 9. The summed E-state index contributed by atoms with van der Waals surface area (Å²) in [5, 5.41) is 17.8. The molecule has 1 atom stereocenters. The van der Waals surface area contributed by atoms with Gasteiger partial charge in [-0.05, 0) is 46.6 Å². The molecule has 0 aliphatic carbocycles. The van der Waals surface area contributed by atoms with Crippen molar-refractivity contribution in [3.8, 4) is 6.07 Å². The van der Waals surface area contributed by atoms with Crippen LogP contribution in [-0.2, 0) is 4.79 Å². The van der Waals surface area contributed by atoms with Crippen LogP contribution in [0.3, 0.4) is 0 Å². The second-order valence-corrected chi connectivity index (χ2v) is 5.57. The fourth-order valence-corrected chi connectivity index (χ4v) is 1.82. The molecule has 0 heterocycles. The van der Waals surface area contributed by atoms with Crippen molar-refractivity contribution in [2.24, 2.45) is 5.41 Å². The fourth-order valence-electron chi connectivity index (χ4n) is 1.82. The van der Waals surface area contributed by atoms with Gasteiger partial charge in [-0.2, -0.15) is 5.26 Å². The Labute approximate surface area is 111 Å². The molecule has 104 valence electrons. The van der Waals surface area contributed by atoms with Crippen LogP contribution >= 0.6 is 0 Å². The van der Waals surface area contributed by atoms with Gasteiger partial charge in [0, 0.05) is 6.04 Å². The van der Waals surface area contributed by atoms with Crippen LogP contribution < -0.4 is 0 Å². The predicted octanol–water partition coefficient (Wildman–Crippen LogP) is 2.89. The van der Waals surface area contributed by atoms with Gasteiger partial charge in [0.05, 0.1) is 18.0 Å². The number of carboxylic acids is 1. The summed E-state index contributed by atoms with van der Waals surface area (Å²) in [5.74, 6) is -0.771. The molecule has 1 unspecified atom stereocenters. The Bertz CT molecular complexity index is 295. The maximum absolute atomic E-state index is 10.8. The lowest BCUT2D eigenvalue weighted by molar-refractivity contribution is -0.138. The van der Waals surface area contributed by atoms with Gasteiger partial charge in [0.1, 0.15) is 0 Å². The number of hydrogen-bond donors (Lipinski definition) is 1. The molecule has 0 aromatic carbocycles. The molecule has 0 saturated heterocycles. The highest BCUT2D eigenvalue weighted by Crippen LogP contribution is 2.21. The Kier molecular flexibility index (Phi) is 7.61. The number of hydrogen-bond acceptors (Lipinski definition) is 3. The first-order valence-electron chi connectivity index (χ1n) is 6.69. The smallest absolute Gasteiger partial charge is 0.317 e. The molecule has 0 aliphatic rings. The largest absolute Gasteiger partial charge is 0.480 e. The van der Waals surface area contributed by atoms with E-state index in [1.54, 1.807) is 0 Å². The molecule has 0 saturated carbocycles. The van der Waals surface area contributed by atoms with Crippen molar-refractivity contribution in [3.63, 3.8) is 0 Å². The quantitative estimate of drug-likeness (QED) is 0.643. The summed E-state index contributed by atoms with van der Waals surface area (Å²) in [6.45, 7) is 8.91. The van der Waals surface area contributed by atoms with Crippen LogP contribution in [0.25, 0.3) is 0 Å². The van der Waals surface area contributed by atoms with Crippen LogP contribution in [-0.4, -0.2) is 35.1 Å². The Morgan fingerprint density at radius 3 is 2.50 bits per heavy atom. The molecule has 0 aromatic rings. The maximum Gasteiger partial charge on any atom is 0.317 e. The van der Waals surface area contributed by atoms with E-state index in [9.17, 15) is 4.79 Å². The van der Waals surface area contributed by atoms with Crippen LogP contribution in [0, 0.1) is 16.7 Å². The second-order valence-electron chi connectivity index (χ2n) is 5.57. The van der Waals surface area contributed by atoms with Crippen molar-refractivity contribution in [1.29, 1.82) is 5.26 Å². The minimum atomic E-state index is -0.771. The van der Waals surface area contributed by atoms with E-state index >= 15 is 0 Å². The summed E-state index contributed by atoms with van der Waals surface area (Å²) in [7, 11) is 0. The van der Waals surface area contributed by atoms with Crippen LogP contribution in [0.1, 0.15) is 53.4 Å². The normalized spacial score (nSPS) is 13.3. The van der Waals surface area contributed by atoms with E-state index in [2.05, 4.69) is 19.9 Å². The predicted molar refractivity (Wildman–Crippen MR) is 72.2 cm³/mol. The van der Waals surface area contributed by atoms with Gasteiger partial charge in [-0.3, -0.25) is 9.69 Å². The van der Waals surface area contributed by atoms with Crippen LogP contribution in [0.15, 0.2) is 0 Å². The number of unbranched alkanes of at least 4 members (excludes halogenated alkanes) is 1. The highest BCUT2D eigenvalue weighted by Gasteiger charge is 2.18. The summed E-state index contributed by atoms with van der Waals surface area (Å²) in [4.78, 5) is 12.8. The fraction of sp³-hybridized carbons (Fsp3) is 0.857. The van der Waals surface area contributed by atoms with Gasteiger partial charge in [0.15, 0.2) is 0 Å². The third kappa shape index (κ3) is 7.29. The Morgan fingerprint density at radius 1 is 1.44 bits per heavy atom. The number of carbonyl (C=O) groups is 1. The number of nitriles is 1. The van der Waals surface area contributed by atoms with E-state index in [1.807, 2.05) is 18.7 Å². The number of nitrogens with zero attached hydrogens (tertiary/aromatic N) is 2. The summed E-state index contributed by atoms with van der Waals surface area (Å²) in [6.07, 6.45) is 3.73. The van der Waals surface area contributed by atoms with E-state index in [-0.39, 0.29) is 12.0 Å². The van der Waals surface area contributed by atoms with E-state index in [0.717, 1.165) is 32.2 Å². The van der Waals surface area contributed by atoms with Crippen molar-refractivity contribution in [2.75, 3.05) is 13.1 Å². The minimum absolute atomic E-state index is 0.108.